The number of nitrogens with one attached hydrogen (secondary N) is 1. The van der Waals surface area contributed by atoms with Gasteiger partial charge in [0.25, 0.3) is 5.91 Å². The van der Waals surface area contributed by atoms with Gasteiger partial charge >= 0.3 is 5.57 Å². The number of carbonyl (C=O) groups is 1. The molecule has 1 aromatic heterocycles. The lowest BCUT2D eigenvalue weighted by molar-refractivity contribution is -0.0964. The second-order valence-corrected chi connectivity index (χ2v) is 7.91. The van der Waals surface area contributed by atoms with Crippen molar-refractivity contribution in [3.05, 3.63) is 52.3 Å². The standard InChI is InChI=1S/C19H15BrClF2N3O3/c1-10-8-28-9-16-25-15-7-11(6-14(20)17(15)26(10)16)18(27)24-12-2-4-13(5-3-12)29-19(21,22)23/h2-7,10H,8-9H2,1H3,(H,24,27). The summed E-state index contributed by atoms with van der Waals surface area (Å²) in [5.41, 5.74) is -1.37. The fourth-order valence-corrected chi connectivity index (χ4v) is 4.01. The summed E-state index contributed by atoms with van der Waals surface area (Å²) in [6.45, 7) is 3.07. The van der Waals surface area contributed by atoms with Crippen molar-refractivity contribution in [2.75, 3.05) is 11.9 Å². The molecule has 0 bridgehead atoms. The number of fused-ring (bicyclic) bond motifs is 3. The molecule has 152 valence electrons. The number of anilines is 1. The summed E-state index contributed by atoms with van der Waals surface area (Å²) in [6, 6.07) is 9.03. The van der Waals surface area contributed by atoms with Crippen LogP contribution in [0.4, 0.5) is 14.5 Å². The van der Waals surface area contributed by atoms with E-state index >= 15 is 0 Å². The van der Waals surface area contributed by atoms with Crippen molar-refractivity contribution in [1.29, 1.82) is 0 Å². The number of rotatable bonds is 4. The van der Waals surface area contributed by atoms with E-state index < -0.39 is 5.57 Å². The fraction of sp³-hybridized carbons (Fsp3) is 0.263. The van der Waals surface area contributed by atoms with Gasteiger partial charge in [-0.05, 0) is 59.3 Å². The molecule has 0 saturated carbocycles. The molecule has 3 aromatic rings. The van der Waals surface area contributed by atoms with Crippen LogP contribution in [-0.2, 0) is 11.3 Å². The van der Waals surface area contributed by atoms with E-state index in [0.717, 1.165) is 15.8 Å². The highest BCUT2D eigenvalue weighted by atomic mass is 79.9. The third-order valence-corrected chi connectivity index (χ3v) is 5.13. The molecule has 0 fully saturated rings. The van der Waals surface area contributed by atoms with Gasteiger partial charge in [0.2, 0.25) is 0 Å². The molecule has 2 heterocycles. The number of carbonyl (C=O) groups excluding carboxylic acids is 1. The summed E-state index contributed by atoms with van der Waals surface area (Å²) >= 11 is 8.28. The van der Waals surface area contributed by atoms with Crippen LogP contribution in [0.5, 0.6) is 5.75 Å². The highest BCUT2D eigenvalue weighted by molar-refractivity contribution is 9.10. The lowest BCUT2D eigenvalue weighted by atomic mass is 10.1. The number of aromatic nitrogens is 2. The average molecular weight is 487 g/mol. The van der Waals surface area contributed by atoms with E-state index in [0.29, 0.717) is 30.0 Å². The third-order valence-electron chi connectivity index (χ3n) is 4.45. The van der Waals surface area contributed by atoms with Crippen LogP contribution in [0.15, 0.2) is 40.9 Å². The van der Waals surface area contributed by atoms with Crippen molar-refractivity contribution in [3.8, 4) is 5.75 Å². The number of halogens is 4. The Kier molecular flexibility index (Phi) is 5.22. The van der Waals surface area contributed by atoms with Crippen molar-refractivity contribution in [2.24, 2.45) is 0 Å². The minimum Gasteiger partial charge on any atom is -0.420 e. The number of nitrogens with zero attached hydrogens (tertiary/aromatic N) is 2. The van der Waals surface area contributed by atoms with E-state index in [4.69, 9.17) is 16.3 Å². The van der Waals surface area contributed by atoms with Crippen LogP contribution in [0.2, 0.25) is 0 Å². The van der Waals surface area contributed by atoms with Crippen molar-refractivity contribution < 1.29 is 23.0 Å². The Hall–Kier alpha value is -2.23. The first kappa shape index (κ1) is 20.1. The Bertz CT molecular complexity index is 1080. The molecule has 1 unspecified atom stereocenters. The highest BCUT2D eigenvalue weighted by Crippen LogP contribution is 2.32. The molecule has 4 rings (SSSR count). The first-order valence-corrected chi connectivity index (χ1v) is 9.83. The zero-order valence-electron chi connectivity index (χ0n) is 15.1. The molecule has 0 radical (unpaired) electrons. The van der Waals surface area contributed by atoms with E-state index in [2.05, 4.69) is 35.5 Å². The van der Waals surface area contributed by atoms with Crippen LogP contribution in [-0.4, -0.2) is 27.6 Å². The van der Waals surface area contributed by atoms with E-state index in [1.165, 1.54) is 24.3 Å². The van der Waals surface area contributed by atoms with Crippen LogP contribution in [0.3, 0.4) is 0 Å². The van der Waals surface area contributed by atoms with Gasteiger partial charge in [-0.15, -0.1) is 8.78 Å². The van der Waals surface area contributed by atoms with E-state index in [1.54, 1.807) is 12.1 Å². The van der Waals surface area contributed by atoms with Crippen molar-refractivity contribution in [1.82, 2.24) is 9.55 Å². The summed E-state index contributed by atoms with van der Waals surface area (Å²) in [5.74, 6) is 0.329. The van der Waals surface area contributed by atoms with Crippen LogP contribution >= 0.6 is 27.5 Å². The molecule has 10 heteroatoms. The van der Waals surface area contributed by atoms with E-state index in [9.17, 15) is 13.6 Å². The molecule has 29 heavy (non-hydrogen) atoms. The second-order valence-electron chi connectivity index (χ2n) is 6.61. The van der Waals surface area contributed by atoms with Crippen molar-refractivity contribution >= 4 is 50.2 Å². The lowest BCUT2D eigenvalue weighted by Crippen LogP contribution is -2.21. The van der Waals surface area contributed by atoms with Gasteiger partial charge in [-0.25, -0.2) is 4.98 Å². The summed E-state index contributed by atoms with van der Waals surface area (Å²) in [7, 11) is 0. The predicted molar refractivity (Wildman–Crippen MR) is 108 cm³/mol. The Balaban J connectivity index is 1.58. The molecule has 1 aliphatic heterocycles. The molecule has 0 aliphatic carbocycles. The van der Waals surface area contributed by atoms with E-state index in [1.807, 2.05) is 6.92 Å². The maximum Gasteiger partial charge on any atom is 0.487 e. The first-order chi connectivity index (χ1) is 13.7. The lowest BCUT2D eigenvalue weighted by Gasteiger charge is -2.22. The quantitative estimate of drug-likeness (QED) is 0.508. The highest BCUT2D eigenvalue weighted by Gasteiger charge is 2.27. The Labute approximate surface area is 177 Å². The monoisotopic (exact) mass is 485 g/mol. The van der Waals surface area contributed by atoms with Gasteiger partial charge in [0.05, 0.1) is 23.7 Å². The third kappa shape index (κ3) is 4.22. The molecule has 0 saturated heterocycles. The minimum absolute atomic E-state index is 0.118. The average Bonchev–Trinajstić information content (AvgIpc) is 3.02. The van der Waals surface area contributed by atoms with Crippen LogP contribution in [0.1, 0.15) is 29.1 Å². The number of amides is 1. The number of alkyl halides is 3. The van der Waals surface area contributed by atoms with Gasteiger partial charge in [-0.2, -0.15) is 0 Å². The Morgan fingerprint density at radius 3 is 2.79 bits per heavy atom. The van der Waals surface area contributed by atoms with Crippen LogP contribution in [0.25, 0.3) is 11.0 Å². The molecule has 2 aromatic carbocycles. The van der Waals surface area contributed by atoms with Gasteiger partial charge in [0, 0.05) is 27.3 Å². The number of benzene rings is 2. The Morgan fingerprint density at radius 2 is 2.10 bits per heavy atom. The second kappa shape index (κ2) is 7.55. The maximum atomic E-state index is 12.7. The van der Waals surface area contributed by atoms with Crippen molar-refractivity contribution in [3.63, 3.8) is 0 Å². The number of ether oxygens (including phenoxy) is 2. The van der Waals surface area contributed by atoms with Gasteiger partial charge in [0.1, 0.15) is 18.2 Å². The number of hydrogen-bond donors (Lipinski definition) is 1. The summed E-state index contributed by atoms with van der Waals surface area (Å²) < 4.78 is 38.0. The van der Waals surface area contributed by atoms with Crippen molar-refractivity contribution in [2.45, 2.75) is 25.1 Å². The normalized spacial score (nSPS) is 16.5. The first-order valence-electron chi connectivity index (χ1n) is 8.66. The molecule has 6 nitrogen and oxygen atoms in total. The molecule has 1 aliphatic rings. The largest absolute Gasteiger partial charge is 0.487 e. The van der Waals surface area contributed by atoms with Gasteiger partial charge < -0.3 is 19.4 Å². The van der Waals surface area contributed by atoms with E-state index in [-0.39, 0.29) is 17.7 Å². The van der Waals surface area contributed by atoms with Gasteiger partial charge in [0.15, 0.2) is 0 Å². The molecular weight excluding hydrogens is 472 g/mol. The predicted octanol–water partition coefficient (Wildman–Crippen LogP) is 5.31. The number of imidazole rings is 1. The van der Waals surface area contributed by atoms with Crippen LogP contribution in [0, 0.1) is 0 Å². The summed E-state index contributed by atoms with van der Waals surface area (Å²) in [6.07, 6.45) is 0. The van der Waals surface area contributed by atoms with Crippen LogP contribution < -0.4 is 10.1 Å². The smallest absolute Gasteiger partial charge is 0.420 e. The molecule has 1 atom stereocenters. The molecular formula is C19H15BrClF2N3O3. The zero-order chi connectivity index (χ0) is 20.8. The fourth-order valence-electron chi connectivity index (χ4n) is 3.28. The summed E-state index contributed by atoms with van der Waals surface area (Å²) in [5, 5.41) is 2.72. The molecule has 0 spiro atoms. The Morgan fingerprint density at radius 1 is 1.38 bits per heavy atom. The SMILES string of the molecule is CC1COCc2nc3cc(C(=O)Nc4ccc(OC(F)(F)Cl)cc4)cc(Br)c3n21. The maximum absolute atomic E-state index is 12.7. The topological polar surface area (TPSA) is 65.4 Å². The van der Waals surface area contributed by atoms with Gasteiger partial charge in [-0.3, -0.25) is 4.79 Å². The summed E-state index contributed by atoms with van der Waals surface area (Å²) in [4.78, 5) is 17.3. The zero-order valence-corrected chi connectivity index (χ0v) is 17.4. The minimum atomic E-state index is -3.79. The number of hydrogen-bond acceptors (Lipinski definition) is 4. The van der Waals surface area contributed by atoms with Gasteiger partial charge in [-0.1, -0.05) is 0 Å². The molecule has 1 amide bonds. The molecule has 1 N–H and O–H groups in total.